The van der Waals surface area contributed by atoms with Crippen LogP contribution in [-0.4, -0.2) is 129 Å². The molecule has 0 spiro atoms. The molecule has 2 heterocycles. The highest BCUT2D eigenvalue weighted by molar-refractivity contribution is 7.13. The molecule has 14 heteroatoms. The number of carbonyl (C=O) groups excluding carboxylic acids is 3. The third-order valence-electron chi connectivity index (χ3n) is 11.9. The number of benzene rings is 4. The van der Waals surface area contributed by atoms with Crippen molar-refractivity contribution in [1.82, 2.24) is 25.4 Å². The number of aromatic nitrogens is 1. The number of aliphatic hydroxyl groups excluding tert-OH is 1. The smallest absolute Gasteiger partial charge is 0.246 e. The minimum atomic E-state index is -0.899. The van der Waals surface area contributed by atoms with Crippen LogP contribution in [0.1, 0.15) is 61.6 Å². The van der Waals surface area contributed by atoms with Crippen molar-refractivity contribution < 1.29 is 38.4 Å². The molecular weight excluding hydrogens is 879 g/mol. The van der Waals surface area contributed by atoms with E-state index in [2.05, 4.69) is 88.1 Å². The Labute approximate surface area is 405 Å². The van der Waals surface area contributed by atoms with E-state index >= 15 is 0 Å². The van der Waals surface area contributed by atoms with Gasteiger partial charge in [-0.2, -0.15) is 0 Å². The number of aliphatic hydroxyl groups is 1. The lowest BCUT2D eigenvalue weighted by molar-refractivity contribution is -0.143. The molecule has 362 valence electrons. The highest BCUT2D eigenvalue weighted by Crippen LogP contribution is 2.35. The number of carbonyl (C=O) groups is 3. The van der Waals surface area contributed by atoms with E-state index in [4.69, 9.17) is 18.9 Å². The molecule has 13 nitrogen and oxygen atoms in total. The first-order chi connectivity index (χ1) is 33.0. The molecule has 1 aromatic heterocycles. The normalized spacial score (nSPS) is 15.6. The topological polar surface area (TPSA) is 152 Å². The van der Waals surface area contributed by atoms with Gasteiger partial charge in [-0.25, -0.2) is 4.98 Å². The maximum Gasteiger partial charge on any atom is 0.246 e. The summed E-state index contributed by atoms with van der Waals surface area (Å²) < 4.78 is 23.0. The van der Waals surface area contributed by atoms with Gasteiger partial charge in [0, 0.05) is 32.6 Å². The Hall–Kier alpha value is -5.74. The number of ether oxygens (including phenoxy) is 4. The number of aryl methyl sites for hydroxylation is 1. The molecule has 0 saturated carbocycles. The zero-order valence-corrected chi connectivity index (χ0v) is 40.8. The second kappa shape index (κ2) is 26.7. The van der Waals surface area contributed by atoms with Crippen LogP contribution >= 0.6 is 11.3 Å². The first kappa shape index (κ1) is 51.6. The highest BCUT2D eigenvalue weighted by Gasteiger charge is 2.42. The van der Waals surface area contributed by atoms with Gasteiger partial charge in [-0.15, -0.1) is 11.3 Å². The molecule has 4 aromatic carbocycles. The number of nitrogens with one attached hydrogen (secondary N) is 2. The molecule has 5 aromatic rings. The Morgan fingerprint density at radius 1 is 0.809 bits per heavy atom. The van der Waals surface area contributed by atoms with Gasteiger partial charge in [0.05, 0.1) is 55.2 Å². The van der Waals surface area contributed by atoms with E-state index < -0.39 is 30.0 Å². The molecule has 0 aliphatic carbocycles. The minimum Gasteiger partial charge on any atom is -0.492 e. The molecule has 3 atom stereocenters. The van der Waals surface area contributed by atoms with Gasteiger partial charge in [0.15, 0.2) is 0 Å². The quantitative estimate of drug-likeness (QED) is 0.0382. The van der Waals surface area contributed by atoms with Crippen LogP contribution in [0.5, 0.6) is 5.75 Å². The van der Waals surface area contributed by atoms with E-state index in [-0.39, 0.29) is 51.2 Å². The van der Waals surface area contributed by atoms with Gasteiger partial charge in [0.2, 0.25) is 17.7 Å². The molecule has 1 aliphatic rings. The standard InChI is InChI=1S/C54H67N5O8S/c1-6-47(41-13-9-7-10-14-41)50(42-15-11-8-12-16-42)43-21-23-46(24-22-43)67-28-26-58(5)25-27-64-29-30-65-31-32-66-36-49(61)57-51(38(2)3)54(63)59-35-45(60)33-48(59)53(62)55-34-40-17-19-44(20-18-40)52-39(4)56-37-68-52/h7-24,37-38,45,48,51,60H,6,25-36H2,1-5H3,(H,55,62)(H,57,61). The molecule has 68 heavy (non-hydrogen) atoms. The van der Waals surface area contributed by atoms with Crippen molar-refractivity contribution in [2.45, 2.75) is 65.3 Å². The molecule has 1 aliphatic heterocycles. The number of likely N-dealkylation sites (N-methyl/N-ethyl adjacent to an activating group) is 1. The fourth-order valence-corrected chi connectivity index (χ4v) is 8.94. The number of likely N-dealkylation sites (tertiary alicyclic amines) is 1. The average molecular weight is 946 g/mol. The maximum absolute atomic E-state index is 13.7. The molecule has 3 N–H and O–H groups in total. The minimum absolute atomic E-state index is 0.00348. The van der Waals surface area contributed by atoms with Crippen molar-refractivity contribution in [3.63, 3.8) is 0 Å². The Kier molecular flexibility index (Phi) is 20.3. The SMILES string of the molecule is CCC(=C(c1ccccc1)c1ccc(OCCN(C)CCOCCOCCOCC(=O)NC(C(=O)N2CC(O)CC2C(=O)NCc2ccc(-c3scnc3C)cc2)C(C)C)cc1)c1ccccc1. The molecule has 1 fully saturated rings. The summed E-state index contributed by atoms with van der Waals surface area (Å²) in [6.45, 7) is 11.7. The van der Waals surface area contributed by atoms with Crippen LogP contribution < -0.4 is 15.4 Å². The van der Waals surface area contributed by atoms with E-state index in [0.29, 0.717) is 26.4 Å². The van der Waals surface area contributed by atoms with Gasteiger partial charge in [-0.3, -0.25) is 14.4 Å². The monoisotopic (exact) mass is 945 g/mol. The lowest BCUT2D eigenvalue weighted by atomic mass is 9.88. The average Bonchev–Trinajstić information content (AvgIpc) is 3.97. The van der Waals surface area contributed by atoms with E-state index in [9.17, 15) is 19.5 Å². The van der Waals surface area contributed by atoms with Gasteiger partial charge in [0.25, 0.3) is 0 Å². The van der Waals surface area contributed by atoms with Crippen molar-refractivity contribution in [3.05, 3.63) is 143 Å². The third-order valence-corrected chi connectivity index (χ3v) is 12.8. The van der Waals surface area contributed by atoms with Crippen LogP contribution in [0.4, 0.5) is 0 Å². The summed E-state index contributed by atoms with van der Waals surface area (Å²) in [4.78, 5) is 48.9. The first-order valence-electron chi connectivity index (χ1n) is 23.6. The Morgan fingerprint density at radius 2 is 1.43 bits per heavy atom. The second-order valence-electron chi connectivity index (χ2n) is 17.3. The lowest BCUT2D eigenvalue weighted by Crippen LogP contribution is -2.55. The zero-order valence-electron chi connectivity index (χ0n) is 40.0. The number of β-amino-alcohol motifs (C(OH)–C–C–N with tert-alkyl or cyclic N) is 1. The lowest BCUT2D eigenvalue weighted by Gasteiger charge is -2.30. The largest absolute Gasteiger partial charge is 0.492 e. The molecule has 0 radical (unpaired) electrons. The first-order valence-corrected chi connectivity index (χ1v) is 24.4. The van der Waals surface area contributed by atoms with Crippen molar-refractivity contribution in [1.29, 1.82) is 0 Å². The molecule has 3 amide bonds. The van der Waals surface area contributed by atoms with Gasteiger partial charge in [-0.05, 0) is 77.4 Å². The number of rotatable bonds is 26. The second-order valence-corrected chi connectivity index (χ2v) is 18.1. The summed E-state index contributed by atoms with van der Waals surface area (Å²) in [6.07, 6.45) is 0.171. The van der Waals surface area contributed by atoms with Gasteiger partial charge in [0.1, 0.15) is 31.0 Å². The van der Waals surface area contributed by atoms with Crippen LogP contribution in [0.15, 0.2) is 115 Å². The number of amides is 3. The zero-order chi connectivity index (χ0) is 48.3. The Bertz CT molecular complexity index is 2360. The van der Waals surface area contributed by atoms with Crippen molar-refractivity contribution >= 4 is 40.2 Å². The van der Waals surface area contributed by atoms with Gasteiger partial charge in [-0.1, -0.05) is 118 Å². The van der Waals surface area contributed by atoms with E-state index in [1.165, 1.54) is 27.2 Å². The van der Waals surface area contributed by atoms with Crippen LogP contribution in [-0.2, 0) is 35.1 Å². The summed E-state index contributed by atoms with van der Waals surface area (Å²) in [5, 5.41) is 16.2. The summed E-state index contributed by atoms with van der Waals surface area (Å²) in [5.41, 5.74) is 10.8. The van der Waals surface area contributed by atoms with Gasteiger partial charge < -0.3 is 44.5 Å². The van der Waals surface area contributed by atoms with Crippen LogP contribution in [0.2, 0.25) is 0 Å². The Morgan fingerprint density at radius 3 is 2.06 bits per heavy atom. The summed E-state index contributed by atoms with van der Waals surface area (Å²) in [6, 6.07) is 35.6. The van der Waals surface area contributed by atoms with Crippen LogP contribution in [0.25, 0.3) is 21.6 Å². The number of nitrogens with zero attached hydrogens (tertiary/aromatic N) is 3. The third kappa shape index (κ3) is 15.1. The van der Waals surface area contributed by atoms with Crippen LogP contribution in [0, 0.1) is 12.8 Å². The summed E-state index contributed by atoms with van der Waals surface area (Å²) in [5.74, 6) is -0.684. The van der Waals surface area contributed by atoms with Crippen molar-refractivity contribution in [2.24, 2.45) is 5.92 Å². The van der Waals surface area contributed by atoms with Crippen LogP contribution in [0.3, 0.4) is 0 Å². The fourth-order valence-electron chi connectivity index (χ4n) is 8.13. The highest BCUT2D eigenvalue weighted by atomic mass is 32.1. The predicted octanol–water partition coefficient (Wildman–Crippen LogP) is 7.27. The van der Waals surface area contributed by atoms with Crippen molar-refractivity contribution in [3.8, 4) is 16.2 Å². The number of hydrogen-bond donors (Lipinski definition) is 3. The predicted molar refractivity (Wildman–Crippen MR) is 268 cm³/mol. The number of hydrogen-bond acceptors (Lipinski definition) is 11. The maximum atomic E-state index is 13.7. The van der Waals surface area contributed by atoms with E-state index in [1.807, 2.05) is 81.9 Å². The number of thiazole rings is 1. The van der Waals surface area contributed by atoms with Gasteiger partial charge >= 0.3 is 0 Å². The molecule has 1 saturated heterocycles. The fraction of sp³-hybridized carbons (Fsp3) is 0.407. The number of allylic oxidation sites excluding steroid dienone is 1. The van der Waals surface area contributed by atoms with Crippen molar-refractivity contribution in [2.75, 3.05) is 72.9 Å². The molecule has 0 bridgehead atoms. The summed E-state index contributed by atoms with van der Waals surface area (Å²) >= 11 is 1.58. The molecule has 6 rings (SSSR count). The molecule has 3 unspecified atom stereocenters. The van der Waals surface area contributed by atoms with E-state index in [1.54, 1.807) is 11.3 Å². The Balaban J connectivity index is 0.823. The molecular formula is C54H67N5O8S. The summed E-state index contributed by atoms with van der Waals surface area (Å²) in [7, 11) is 2.03. The van der Waals surface area contributed by atoms with E-state index in [0.717, 1.165) is 52.5 Å².